The Labute approximate surface area is 90.7 Å². The van der Waals surface area contributed by atoms with E-state index in [1.165, 1.54) is 0 Å². The maximum Gasteiger partial charge on any atom is 0.223 e. The van der Waals surface area contributed by atoms with Crippen LogP contribution in [0.4, 0.5) is 5.95 Å². The fourth-order valence-corrected chi connectivity index (χ4v) is 1.26. The molecule has 5 nitrogen and oxygen atoms in total. The largest absolute Gasteiger partial charge is 0.368 e. The summed E-state index contributed by atoms with van der Waals surface area (Å²) in [5.74, 6) is 1.93. The van der Waals surface area contributed by atoms with Gasteiger partial charge in [-0.1, -0.05) is 6.92 Å². The van der Waals surface area contributed by atoms with Gasteiger partial charge in [-0.25, -0.2) is 4.98 Å². The summed E-state index contributed by atoms with van der Waals surface area (Å²) < 4.78 is 0. The number of hydrogen-bond acceptors (Lipinski definition) is 5. The standard InChI is InChI=1S/C10H19N5/c1-4-5-8-12-9(6-7-15(2)3)14-10(11)13-8/h4-7H2,1-3H3,(H2,11,12,13,14). The number of aryl methyl sites for hydroxylation is 1. The molecule has 0 radical (unpaired) electrons. The van der Waals surface area contributed by atoms with Crippen LogP contribution < -0.4 is 5.73 Å². The van der Waals surface area contributed by atoms with Gasteiger partial charge in [-0.2, -0.15) is 9.97 Å². The normalized spacial score (nSPS) is 10.9. The van der Waals surface area contributed by atoms with Crippen LogP contribution in [-0.2, 0) is 12.8 Å². The molecule has 0 amide bonds. The Morgan fingerprint density at radius 1 is 1.07 bits per heavy atom. The first-order valence-electron chi connectivity index (χ1n) is 5.26. The summed E-state index contributed by atoms with van der Waals surface area (Å²) in [7, 11) is 4.05. The molecule has 0 aliphatic rings. The molecule has 0 saturated heterocycles. The molecule has 1 heterocycles. The lowest BCUT2D eigenvalue weighted by Crippen LogP contribution is -2.17. The van der Waals surface area contributed by atoms with Crippen LogP contribution in [0.15, 0.2) is 0 Å². The summed E-state index contributed by atoms with van der Waals surface area (Å²) in [6, 6.07) is 0. The molecule has 0 fully saturated rings. The monoisotopic (exact) mass is 209 g/mol. The third-order valence-corrected chi connectivity index (χ3v) is 2.00. The van der Waals surface area contributed by atoms with E-state index in [0.717, 1.165) is 37.5 Å². The first kappa shape index (κ1) is 11.8. The van der Waals surface area contributed by atoms with Crippen molar-refractivity contribution in [2.45, 2.75) is 26.2 Å². The Hall–Kier alpha value is -1.23. The van der Waals surface area contributed by atoms with Crippen molar-refractivity contribution in [3.05, 3.63) is 11.6 Å². The minimum Gasteiger partial charge on any atom is -0.368 e. The zero-order chi connectivity index (χ0) is 11.3. The Morgan fingerprint density at radius 3 is 2.20 bits per heavy atom. The van der Waals surface area contributed by atoms with Crippen molar-refractivity contribution in [1.82, 2.24) is 19.9 Å². The second-order valence-electron chi connectivity index (χ2n) is 3.83. The van der Waals surface area contributed by atoms with Gasteiger partial charge >= 0.3 is 0 Å². The van der Waals surface area contributed by atoms with Gasteiger partial charge in [-0.05, 0) is 20.5 Å². The van der Waals surface area contributed by atoms with Crippen LogP contribution in [0.2, 0.25) is 0 Å². The SMILES string of the molecule is CCCc1nc(N)nc(CCN(C)C)n1. The smallest absolute Gasteiger partial charge is 0.223 e. The molecule has 1 aromatic rings. The van der Waals surface area contributed by atoms with Gasteiger partial charge in [0, 0.05) is 19.4 Å². The molecule has 1 aromatic heterocycles. The fraction of sp³-hybridized carbons (Fsp3) is 0.700. The van der Waals surface area contributed by atoms with Gasteiger partial charge in [0.15, 0.2) is 0 Å². The summed E-state index contributed by atoms with van der Waals surface area (Å²) in [4.78, 5) is 14.7. The predicted molar refractivity (Wildman–Crippen MR) is 60.5 cm³/mol. The van der Waals surface area contributed by atoms with Crippen LogP contribution >= 0.6 is 0 Å². The van der Waals surface area contributed by atoms with Crippen LogP contribution in [0.5, 0.6) is 0 Å². The Balaban J connectivity index is 2.70. The van der Waals surface area contributed by atoms with E-state index >= 15 is 0 Å². The lowest BCUT2D eigenvalue weighted by Gasteiger charge is -2.09. The maximum absolute atomic E-state index is 5.62. The second-order valence-corrected chi connectivity index (χ2v) is 3.83. The summed E-state index contributed by atoms with van der Waals surface area (Å²) >= 11 is 0. The summed E-state index contributed by atoms with van der Waals surface area (Å²) in [5.41, 5.74) is 5.62. The van der Waals surface area contributed by atoms with Gasteiger partial charge < -0.3 is 10.6 Å². The number of aromatic nitrogens is 3. The Morgan fingerprint density at radius 2 is 1.67 bits per heavy atom. The first-order chi connectivity index (χ1) is 7.11. The number of nitrogens with two attached hydrogens (primary N) is 1. The van der Waals surface area contributed by atoms with Crippen molar-refractivity contribution >= 4 is 5.95 Å². The van der Waals surface area contributed by atoms with E-state index in [-0.39, 0.29) is 0 Å². The van der Waals surface area contributed by atoms with Crippen LogP contribution in [0, 0.1) is 0 Å². The van der Waals surface area contributed by atoms with Crippen molar-refractivity contribution in [3.63, 3.8) is 0 Å². The number of anilines is 1. The van der Waals surface area contributed by atoms with E-state index in [1.807, 2.05) is 14.1 Å². The highest BCUT2D eigenvalue weighted by Crippen LogP contribution is 2.01. The molecule has 0 bridgehead atoms. The highest BCUT2D eigenvalue weighted by Gasteiger charge is 2.04. The van der Waals surface area contributed by atoms with Crippen molar-refractivity contribution in [1.29, 1.82) is 0 Å². The third kappa shape index (κ3) is 4.20. The summed E-state index contributed by atoms with van der Waals surface area (Å²) in [5, 5.41) is 0. The molecule has 0 aromatic carbocycles. The van der Waals surface area contributed by atoms with E-state index < -0.39 is 0 Å². The zero-order valence-corrected chi connectivity index (χ0v) is 9.69. The van der Waals surface area contributed by atoms with Gasteiger partial charge in [0.2, 0.25) is 5.95 Å². The molecule has 0 aliphatic carbocycles. The summed E-state index contributed by atoms with van der Waals surface area (Å²) in [6.07, 6.45) is 2.70. The average Bonchev–Trinajstić information content (AvgIpc) is 2.14. The van der Waals surface area contributed by atoms with Gasteiger partial charge in [-0.3, -0.25) is 0 Å². The number of rotatable bonds is 5. The first-order valence-corrected chi connectivity index (χ1v) is 5.26. The molecule has 0 saturated carbocycles. The predicted octanol–water partition coefficient (Wildman–Crippen LogP) is 0.510. The van der Waals surface area contributed by atoms with Crippen molar-refractivity contribution in [2.75, 3.05) is 26.4 Å². The van der Waals surface area contributed by atoms with E-state index in [2.05, 4.69) is 26.8 Å². The number of hydrogen-bond donors (Lipinski definition) is 1. The molecule has 0 spiro atoms. The fourth-order valence-electron chi connectivity index (χ4n) is 1.26. The lowest BCUT2D eigenvalue weighted by molar-refractivity contribution is 0.409. The minimum absolute atomic E-state index is 0.335. The Bertz CT molecular complexity index is 311. The highest BCUT2D eigenvalue weighted by molar-refractivity contribution is 5.16. The molecule has 2 N–H and O–H groups in total. The topological polar surface area (TPSA) is 67.9 Å². The highest BCUT2D eigenvalue weighted by atomic mass is 15.1. The van der Waals surface area contributed by atoms with Crippen LogP contribution in [-0.4, -0.2) is 40.5 Å². The molecule has 0 atom stereocenters. The third-order valence-electron chi connectivity index (χ3n) is 2.00. The molecule has 0 aliphatic heterocycles. The zero-order valence-electron chi connectivity index (χ0n) is 9.69. The average molecular weight is 209 g/mol. The van der Waals surface area contributed by atoms with E-state index in [1.54, 1.807) is 0 Å². The minimum atomic E-state index is 0.335. The molecule has 15 heavy (non-hydrogen) atoms. The van der Waals surface area contributed by atoms with Gasteiger partial charge in [0.05, 0.1) is 0 Å². The van der Waals surface area contributed by atoms with Crippen molar-refractivity contribution < 1.29 is 0 Å². The second kappa shape index (κ2) is 5.60. The molecule has 5 heteroatoms. The number of likely N-dealkylation sites (N-methyl/N-ethyl adjacent to an activating group) is 1. The van der Waals surface area contributed by atoms with E-state index in [0.29, 0.717) is 5.95 Å². The van der Waals surface area contributed by atoms with E-state index in [9.17, 15) is 0 Å². The summed E-state index contributed by atoms with van der Waals surface area (Å²) in [6.45, 7) is 3.02. The van der Waals surface area contributed by atoms with Crippen LogP contribution in [0.3, 0.4) is 0 Å². The van der Waals surface area contributed by atoms with Crippen LogP contribution in [0.1, 0.15) is 25.0 Å². The van der Waals surface area contributed by atoms with E-state index in [4.69, 9.17) is 5.73 Å². The number of nitrogens with zero attached hydrogens (tertiary/aromatic N) is 4. The Kier molecular flexibility index (Phi) is 4.42. The van der Waals surface area contributed by atoms with Crippen LogP contribution in [0.25, 0.3) is 0 Å². The van der Waals surface area contributed by atoms with Gasteiger partial charge in [0.1, 0.15) is 11.6 Å². The number of nitrogen functional groups attached to an aromatic ring is 1. The lowest BCUT2D eigenvalue weighted by atomic mass is 10.3. The van der Waals surface area contributed by atoms with Gasteiger partial charge in [0.25, 0.3) is 0 Å². The van der Waals surface area contributed by atoms with Gasteiger partial charge in [-0.15, -0.1) is 0 Å². The molecule has 1 rings (SSSR count). The maximum atomic E-state index is 5.62. The molecular weight excluding hydrogens is 190 g/mol. The van der Waals surface area contributed by atoms with Crippen molar-refractivity contribution in [2.24, 2.45) is 0 Å². The quantitative estimate of drug-likeness (QED) is 0.765. The van der Waals surface area contributed by atoms with Crippen molar-refractivity contribution in [3.8, 4) is 0 Å². The molecular formula is C10H19N5. The molecule has 0 unspecified atom stereocenters. The molecule has 84 valence electrons.